The standard InChI is InChI=1S/C21H31N5O3/c1-21(2,3)22-18(27)15-24-11-13-25(14-12-24)19(28)9-10-26-17-8-6-5-7-16(17)23(4)20(26)29/h5-8H,9-15H2,1-4H3,(H,22,27). The zero-order valence-electron chi connectivity index (χ0n) is 17.8. The molecule has 1 aliphatic rings. The molecule has 2 aromatic rings. The second kappa shape index (κ2) is 8.41. The Labute approximate surface area is 171 Å². The van der Waals surface area contributed by atoms with Gasteiger partial charge in [0.05, 0.1) is 17.6 Å². The number of hydrogen-bond donors (Lipinski definition) is 1. The van der Waals surface area contributed by atoms with E-state index in [1.54, 1.807) is 16.2 Å². The Balaban J connectivity index is 1.52. The number of benzene rings is 1. The van der Waals surface area contributed by atoms with Crippen molar-refractivity contribution >= 4 is 22.8 Å². The highest BCUT2D eigenvalue weighted by atomic mass is 16.2. The van der Waals surface area contributed by atoms with Crippen LogP contribution in [-0.4, -0.2) is 69.0 Å². The van der Waals surface area contributed by atoms with Crippen molar-refractivity contribution in [2.75, 3.05) is 32.7 Å². The fraction of sp³-hybridized carbons (Fsp3) is 0.571. The molecule has 1 fully saturated rings. The van der Waals surface area contributed by atoms with Crippen molar-refractivity contribution in [3.8, 4) is 0 Å². The highest BCUT2D eigenvalue weighted by Gasteiger charge is 2.24. The molecule has 0 bridgehead atoms. The zero-order chi connectivity index (χ0) is 21.2. The maximum Gasteiger partial charge on any atom is 0.328 e. The third-order valence-electron chi connectivity index (χ3n) is 5.21. The molecule has 1 saturated heterocycles. The number of amides is 2. The smallest absolute Gasteiger partial charge is 0.328 e. The van der Waals surface area contributed by atoms with Gasteiger partial charge in [0.25, 0.3) is 0 Å². The Hall–Kier alpha value is -2.61. The third-order valence-corrected chi connectivity index (χ3v) is 5.21. The molecule has 29 heavy (non-hydrogen) atoms. The predicted octanol–water partition coefficient (Wildman–Crippen LogP) is 0.789. The van der Waals surface area contributed by atoms with Crippen LogP contribution in [0.4, 0.5) is 0 Å². The molecule has 1 N–H and O–H groups in total. The first-order valence-electron chi connectivity index (χ1n) is 10.1. The van der Waals surface area contributed by atoms with Crippen molar-refractivity contribution in [2.45, 2.75) is 39.3 Å². The van der Waals surface area contributed by atoms with Gasteiger partial charge in [-0.3, -0.25) is 23.6 Å². The lowest BCUT2D eigenvalue weighted by atomic mass is 10.1. The summed E-state index contributed by atoms with van der Waals surface area (Å²) in [5, 5.41) is 2.97. The van der Waals surface area contributed by atoms with Gasteiger partial charge in [-0.1, -0.05) is 12.1 Å². The first-order valence-corrected chi connectivity index (χ1v) is 10.1. The Morgan fingerprint density at radius 2 is 1.66 bits per heavy atom. The Morgan fingerprint density at radius 3 is 2.28 bits per heavy atom. The van der Waals surface area contributed by atoms with E-state index in [9.17, 15) is 14.4 Å². The molecule has 0 saturated carbocycles. The second-order valence-corrected chi connectivity index (χ2v) is 8.69. The topological polar surface area (TPSA) is 79.6 Å². The molecule has 1 aromatic carbocycles. The predicted molar refractivity (Wildman–Crippen MR) is 113 cm³/mol. The largest absolute Gasteiger partial charge is 0.350 e. The van der Waals surface area contributed by atoms with Gasteiger partial charge < -0.3 is 10.2 Å². The van der Waals surface area contributed by atoms with Crippen LogP contribution in [0.2, 0.25) is 0 Å². The summed E-state index contributed by atoms with van der Waals surface area (Å²) in [6, 6.07) is 7.61. The minimum atomic E-state index is -0.242. The summed E-state index contributed by atoms with van der Waals surface area (Å²) in [5.74, 6) is 0.0521. The molecule has 0 atom stereocenters. The lowest BCUT2D eigenvalue weighted by Gasteiger charge is -2.35. The van der Waals surface area contributed by atoms with Crippen LogP contribution < -0.4 is 11.0 Å². The van der Waals surface area contributed by atoms with Crippen LogP contribution in [0.3, 0.4) is 0 Å². The van der Waals surface area contributed by atoms with Gasteiger partial charge in [-0.25, -0.2) is 4.79 Å². The van der Waals surface area contributed by atoms with E-state index in [0.29, 0.717) is 45.7 Å². The van der Waals surface area contributed by atoms with E-state index in [2.05, 4.69) is 10.2 Å². The van der Waals surface area contributed by atoms with E-state index < -0.39 is 0 Å². The average Bonchev–Trinajstić information content (AvgIpc) is 2.90. The minimum absolute atomic E-state index is 0.00704. The van der Waals surface area contributed by atoms with Gasteiger partial charge in [0.2, 0.25) is 11.8 Å². The molecule has 1 aromatic heterocycles. The summed E-state index contributed by atoms with van der Waals surface area (Å²) in [6.45, 7) is 9.17. The molecule has 0 unspecified atom stereocenters. The molecule has 2 heterocycles. The van der Waals surface area contributed by atoms with E-state index >= 15 is 0 Å². The van der Waals surface area contributed by atoms with Crippen LogP contribution in [0.5, 0.6) is 0 Å². The van der Waals surface area contributed by atoms with E-state index in [4.69, 9.17) is 0 Å². The number of imidazole rings is 1. The van der Waals surface area contributed by atoms with E-state index in [1.165, 1.54) is 0 Å². The van der Waals surface area contributed by atoms with Crippen molar-refractivity contribution in [1.82, 2.24) is 24.3 Å². The summed E-state index contributed by atoms with van der Waals surface area (Å²) in [6.07, 6.45) is 0.290. The van der Waals surface area contributed by atoms with Crippen molar-refractivity contribution in [3.05, 3.63) is 34.7 Å². The number of hydrogen-bond acceptors (Lipinski definition) is 4. The summed E-state index contributed by atoms with van der Waals surface area (Å²) >= 11 is 0. The van der Waals surface area contributed by atoms with E-state index in [-0.39, 0.29) is 23.0 Å². The molecule has 1 aliphatic heterocycles. The molecule has 2 amide bonds. The Bertz CT molecular complexity index is 945. The lowest BCUT2D eigenvalue weighted by Crippen LogP contribution is -2.53. The number of fused-ring (bicyclic) bond motifs is 1. The van der Waals surface area contributed by atoms with Gasteiger partial charge in [0.15, 0.2) is 0 Å². The van der Waals surface area contributed by atoms with Gasteiger partial charge >= 0.3 is 5.69 Å². The number of rotatable bonds is 5. The summed E-state index contributed by atoms with van der Waals surface area (Å²) < 4.78 is 3.28. The van der Waals surface area contributed by atoms with Crippen LogP contribution in [-0.2, 0) is 23.2 Å². The quantitative estimate of drug-likeness (QED) is 0.803. The van der Waals surface area contributed by atoms with Gasteiger partial charge in [-0.05, 0) is 32.9 Å². The van der Waals surface area contributed by atoms with Crippen LogP contribution >= 0.6 is 0 Å². The molecular weight excluding hydrogens is 370 g/mol. The first-order chi connectivity index (χ1) is 13.7. The molecule has 3 rings (SSSR count). The Morgan fingerprint density at radius 1 is 1.03 bits per heavy atom. The van der Waals surface area contributed by atoms with Crippen molar-refractivity contribution in [2.24, 2.45) is 7.05 Å². The molecule has 158 valence electrons. The SMILES string of the molecule is Cn1c(=O)n(CCC(=O)N2CCN(CC(=O)NC(C)(C)C)CC2)c2ccccc21. The second-order valence-electron chi connectivity index (χ2n) is 8.69. The average molecular weight is 402 g/mol. The first kappa shape index (κ1) is 21.1. The van der Waals surface area contributed by atoms with Crippen LogP contribution in [0, 0.1) is 0 Å². The molecule has 8 nitrogen and oxygen atoms in total. The highest BCUT2D eigenvalue weighted by Crippen LogP contribution is 2.12. The van der Waals surface area contributed by atoms with Crippen molar-refractivity contribution in [1.29, 1.82) is 0 Å². The molecule has 0 radical (unpaired) electrons. The van der Waals surface area contributed by atoms with Crippen LogP contribution in [0.25, 0.3) is 11.0 Å². The maximum atomic E-state index is 12.6. The fourth-order valence-electron chi connectivity index (χ4n) is 3.76. The van der Waals surface area contributed by atoms with E-state index in [0.717, 1.165) is 11.0 Å². The minimum Gasteiger partial charge on any atom is -0.350 e. The number of para-hydroxylation sites is 2. The molecular formula is C21H31N5O3. The summed E-state index contributed by atoms with van der Waals surface area (Å²) in [5.41, 5.74) is 1.37. The lowest BCUT2D eigenvalue weighted by molar-refractivity contribution is -0.133. The summed E-state index contributed by atoms with van der Waals surface area (Å²) in [7, 11) is 1.75. The van der Waals surface area contributed by atoms with Crippen LogP contribution in [0.15, 0.2) is 29.1 Å². The zero-order valence-corrected chi connectivity index (χ0v) is 17.8. The van der Waals surface area contributed by atoms with Gasteiger partial charge in [-0.15, -0.1) is 0 Å². The van der Waals surface area contributed by atoms with Crippen molar-refractivity contribution in [3.63, 3.8) is 0 Å². The Kier molecular flexibility index (Phi) is 6.12. The number of aromatic nitrogens is 2. The molecule has 0 spiro atoms. The van der Waals surface area contributed by atoms with Crippen molar-refractivity contribution < 1.29 is 9.59 Å². The molecule has 8 heteroatoms. The monoisotopic (exact) mass is 401 g/mol. The van der Waals surface area contributed by atoms with Crippen LogP contribution in [0.1, 0.15) is 27.2 Å². The number of carbonyl (C=O) groups is 2. The fourth-order valence-corrected chi connectivity index (χ4v) is 3.76. The number of carbonyl (C=O) groups excluding carboxylic acids is 2. The maximum absolute atomic E-state index is 12.6. The number of nitrogens with zero attached hydrogens (tertiary/aromatic N) is 4. The number of nitrogens with one attached hydrogen (secondary N) is 1. The number of piperazine rings is 1. The van der Waals surface area contributed by atoms with Gasteiger partial charge in [0.1, 0.15) is 0 Å². The van der Waals surface area contributed by atoms with E-state index in [1.807, 2.05) is 49.9 Å². The normalized spacial score (nSPS) is 15.7. The number of aryl methyl sites for hydroxylation is 2. The third kappa shape index (κ3) is 5.06. The highest BCUT2D eigenvalue weighted by molar-refractivity contribution is 5.79. The van der Waals surface area contributed by atoms with Gasteiger partial charge in [-0.2, -0.15) is 0 Å². The summed E-state index contributed by atoms with van der Waals surface area (Å²) in [4.78, 5) is 41.1. The molecule has 0 aliphatic carbocycles. The van der Waals surface area contributed by atoms with Gasteiger partial charge in [0, 0.05) is 51.7 Å².